The molecule has 0 atom stereocenters. The second-order valence-corrected chi connectivity index (χ2v) is 4.36. The van der Waals surface area contributed by atoms with Gasteiger partial charge in [0.15, 0.2) is 0 Å². The van der Waals surface area contributed by atoms with Crippen LogP contribution in [0.2, 0.25) is 0 Å². The Labute approximate surface area is 98.9 Å². The highest BCUT2D eigenvalue weighted by Gasteiger charge is 2.26. The minimum absolute atomic E-state index is 0.420. The van der Waals surface area contributed by atoms with Gasteiger partial charge in [-0.15, -0.1) is 0 Å². The van der Waals surface area contributed by atoms with Crippen molar-refractivity contribution in [3.05, 3.63) is 11.9 Å². The topological polar surface area (TPSA) is 55.0 Å². The van der Waals surface area contributed by atoms with Crippen LogP contribution in [0.25, 0.3) is 0 Å². The summed E-state index contributed by atoms with van der Waals surface area (Å²) >= 11 is 0. The molecule has 0 unspecified atom stereocenters. The number of piperidine rings is 1. The molecule has 2 N–H and O–H groups in total. The average molecular weight is 242 g/mol. The highest BCUT2D eigenvalue weighted by atomic mass is 19.3. The van der Waals surface area contributed by atoms with Gasteiger partial charge in [0.05, 0.1) is 0 Å². The predicted molar refractivity (Wildman–Crippen MR) is 62.1 cm³/mol. The molecular weight excluding hydrogens is 226 g/mol. The Morgan fingerprint density at radius 1 is 1.35 bits per heavy atom. The fourth-order valence-corrected chi connectivity index (χ4v) is 2.12. The van der Waals surface area contributed by atoms with Crippen LogP contribution < -0.4 is 10.6 Å². The molecule has 17 heavy (non-hydrogen) atoms. The van der Waals surface area contributed by atoms with Crippen molar-refractivity contribution in [2.45, 2.75) is 26.2 Å². The van der Waals surface area contributed by atoms with E-state index in [1.54, 1.807) is 13.0 Å². The van der Waals surface area contributed by atoms with Crippen molar-refractivity contribution in [2.75, 3.05) is 23.7 Å². The van der Waals surface area contributed by atoms with Gasteiger partial charge < -0.3 is 10.6 Å². The van der Waals surface area contributed by atoms with Crippen LogP contribution in [0.15, 0.2) is 6.07 Å². The van der Waals surface area contributed by atoms with Gasteiger partial charge in [-0.2, -0.15) is 0 Å². The fraction of sp³-hybridized carbons (Fsp3) is 0.636. The molecule has 0 saturated carbocycles. The van der Waals surface area contributed by atoms with E-state index in [0.717, 1.165) is 5.82 Å². The van der Waals surface area contributed by atoms with E-state index in [4.69, 9.17) is 5.73 Å². The van der Waals surface area contributed by atoms with Gasteiger partial charge in [0.1, 0.15) is 17.5 Å². The van der Waals surface area contributed by atoms with E-state index in [1.165, 1.54) is 0 Å². The maximum Gasteiger partial charge on any atom is 0.241 e. The van der Waals surface area contributed by atoms with Crippen molar-refractivity contribution in [1.29, 1.82) is 0 Å². The number of halogens is 2. The first kappa shape index (κ1) is 12.0. The molecule has 1 saturated heterocycles. The lowest BCUT2D eigenvalue weighted by Gasteiger charge is -2.32. The molecule has 1 aromatic heterocycles. The van der Waals surface area contributed by atoms with Crippen LogP contribution in [-0.4, -0.2) is 29.5 Å². The summed E-state index contributed by atoms with van der Waals surface area (Å²) in [6.07, 6.45) is -1.21. The largest absolute Gasteiger partial charge is 0.384 e. The zero-order chi connectivity index (χ0) is 12.4. The zero-order valence-corrected chi connectivity index (χ0v) is 9.74. The summed E-state index contributed by atoms with van der Waals surface area (Å²) in [6.45, 7) is 2.97. The number of hydrogen-bond acceptors (Lipinski definition) is 4. The Hall–Kier alpha value is -1.46. The van der Waals surface area contributed by atoms with Crippen LogP contribution in [0.4, 0.5) is 20.4 Å². The molecule has 0 amide bonds. The SMILES string of the molecule is Cc1nc(N)cc(N2CCC(C(F)F)CC2)n1. The van der Waals surface area contributed by atoms with Gasteiger partial charge in [0.2, 0.25) is 6.43 Å². The minimum Gasteiger partial charge on any atom is -0.384 e. The molecule has 1 fully saturated rings. The summed E-state index contributed by atoms with van der Waals surface area (Å²) < 4.78 is 25.0. The lowest BCUT2D eigenvalue weighted by atomic mass is 9.97. The van der Waals surface area contributed by atoms with Crippen LogP contribution in [0.3, 0.4) is 0 Å². The average Bonchev–Trinajstić information content (AvgIpc) is 2.28. The lowest BCUT2D eigenvalue weighted by molar-refractivity contribution is 0.0635. The normalized spacial score (nSPS) is 17.8. The summed E-state index contributed by atoms with van der Waals surface area (Å²) in [5.74, 6) is 1.29. The van der Waals surface area contributed by atoms with Crippen LogP contribution in [0, 0.1) is 12.8 Å². The third-order valence-corrected chi connectivity index (χ3v) is 3.06. The second-order valence-electron chi connectivity index (χ2n) is 4.36. The molecule has 6 heteroatoms. The second kappa shape index (κ2) is 4.81. The maximum atomic E-state index is 12.5. The molecule has 2 heterocycles. The van der Waals surface area contributed by atoms with Crippen molar-refractivity contribution in [3.63, 3.8) is 0 Å². The van der Waals surface area contributed by atoms with Crippen molar-refractivity contribution in [1.82, 2.24) is 9.97 Å². The molecule has 1 aromatic rings. The Bertz CT molecular complexity index is 369. The predicted octanol–water partition coefficient (Wildman–Crippen LogP) is 1.85. The molecule has 1 aliphatic rings. The monoisotopic (exact) mass is 242 g/mol. The molecule has 0 bridgehead atoms. The summed E-state index contributed by atoms with van der Waals surface area (Å²) in [5.41, 5.74) is 5.64. The first-order chi connectivity index (χ1) is 8.06. The number of anilines is 2. The van der Waals surface area contributed by atoms with E-state index in [-0.39, 0.29) is 0 Å². The molecule has 94 valence electrons. The third-order valence-electron chi connectivity index (χ3n) is 3.06. The van der Waals surface area contributed by atoms with E-state index >= 15 is 0 Å². The molecule has 0 aromatic carbocycles. The number of nitrogens with two attached hydrogens (primary N) is 1. The number of aromatic nitrogens is 2. The van der Waals surface area contributed by atoms with E-state index < -0.39 is 12.3 Å². The van der Waals surface area contributed by atoms with Crippen LogP contribution in [-0.2, 0) is 0 Å². The highest BCUT2D eigenvalue weighted by Crippen LogP contribution is 2.26. The van der Waals surface area contributed by atoms with E-state index in [9.17, 15) is 8.78 Å². The zero-order valence-electron chi connectivity index (χ0n) is 9.74. The van der Waals surface area contributed by atoms with E-state index in [2.05, 4.69) is 9.97 Å². The van der Waals surface area contributed by atoms with Gasteiger partial charge in [-0.25, -0.2) is 18.7 Å². The molecule has 0 spiro atoms. The molecule has 4 nitrogen and oxygen atoms in total. The van der Waals surface area contributed by atoms with Gasteiger partial charge in [0, 0.05) is 25.1 Å². The van der Waals surface area contributed by atoms with Gasteiger partial charge in [-0.1, -0.05) is 0 Å². The molecular formula is C11H16F2N4. The maximum absolute atomic E-state index is 12.5. The number of alkyl halides is 2. The Balaban J connectivity index is 2.05. The number of rotatable bonds is 2. The molecule has 1 aliphatic heterocycles. The van der Waals surface area contributed by atoms with E-state index in [1.807, 2.05) is 4.90 Å². The van der Waals surface area contributed by atoms with Crippen LogP contribution in [0.1, 0.15) is 18.7 Å². The quantitative estimate of drug-likeness (QED) is 0.859. The van der Waals surface area contributed by atoms with Crippen molar-refractivity contribution in [2.24, 2.45) is 5.92 Å². The van der Waals surface area contributed by atoms with Gasteiger partial charge in [-0.05, 0) is 19.8 Å². The number of aryl methyl sites for hydroxylation is 1. The minimum atomic E-state index is -2.21. The van der Waals surface area contributed by atoms with E-state index in [0.29, 0.717) is 37.6 Å². The van der Waals surface area contributed by atoms with Crippen LogP contribution in [0.5, 0.6) is 0 Å². The summed E-state index contributed by atoms with van der Waals surface area (Å²) in [5, 5.41) is 0. The van der Waals surface area contributed by atoms with Crippen molar-refractivity contribution < 1.29 is 8.78 Å². The number of nitrogens with zero attached hydrogens (tertiary/aromatic N) is 3. The first-order valence-electron chi connectivity index (χ1n) is 5.70. The summed E-state index contributed by atoms with van der Waals surface area (Å²) in [4.78, 5) is 10.3. The first-order valence-corrected chi connectivity index (χ1v) is 5.70. The molecule has 0 aliphatic carbocycles. The fourth-order valence-electron chi connectivity index (χ4n) is 2.12. The third kappa shape index (κ3) is 2.81. The Kier molecular flexibility index (Phi) is 3.40. The van der Waals surface area contributed by atoms with Crippen molar-refractivity contribution in [3.8, 4) is 0 Å². The standard InChI is InChI=1S/C11H16F2N4/c1-7-15-9(14)6-10(16-7)17-4-2-8(3-5-17)11(12)13/h6,8,11H,2-5H2,1H3,(H2,14,15,16). The Morgan fingerprint density at radius 2 is 2.00 bits per heavy atom. The smallest absolute Gasteiger partial charge is 0.241 e. The van der Waals surface area contributed by atoms with Crippen molar-refractivity contribution >= 4 is 11.6 Å². The van der Waals surface area contributed by atoms with Crippen LogP contribution >= 0.6 is 0 Å². The summed E-state index contributed by atoms with van der Waals surface area (Å²) in [6, 6.07) is 1.69. The Morgan fingerprint density at radius 3 is 2.53 bits per heavy atom. The lowest BCUT2D eigenvalue weighted by Crippen LogP contribution is -2.36. The number of nitrogen functional groups attached to an aromatic ring is 1. The summed E-state index contributed by atoms with van der Waals surface area (Å²) in [7, 11) is 0. The molecule has 2 rings (SSSR count). The van der Waals surface area contributed by atoms with Gasteiger partial charge >= 0.3 is 0 Å². The van der Waals surface area contributed by atoms with Gasteiger partial charge in [-0.3, -0.25) is 0 Å². The number of hydrogen-bond donors (Lipinski definition) is 1. The molecule has 0 radical (unpaired) electrons. The van der Waals surface area contributed by atoms with Gasteiger partial charge in [0.25, 0.3) is 0 Å². The highest BCUT2D eigenvalue weighted by molar-refractivity contribution is 5.47.